The van der Waals surface area contributed by atoms with Crippen molar-refractivity contribution in [2.24, 2.45) is 5.92 Å². The first-order valence-electron chi connectivity index (χ1n) is 13.6. The Labute approximate surface area is 222 Å². The number of benzene rings is 1. The minimum Gasteiger partial charge on any atom is -0.342 e. The molecule has 0 radical (unpaired) electrons. The molecule has 3 saturated heterocycles. The predicted octanol–water partition coefficient (Wildman–Crippen LogP) is 3.85. The van der Waals surface area contributed by atoms with Gasteiger partial charge >= 0.3 is 0 Å². The number of piperidine rings is 1. The zero-order chi connectivity index (χ0) is 25.0. The number of likely N-dealkylation sites (tertiary alicyclic amines) is 2. The lowest BCUT2D eigenvalue weighted by atomic mass is 9.80. The molecule has 4 rings (SSSR count). The van der Waals surface area contributed by atoms with Gasteiger partial charge in [0.1, 0.15) is 11.6 Å². The summed E-state index contributed by atoms with van der Waals surface area (Å²) >= 11 is 0. The normalized spacial score (nSPS) is 22.2. The molecule has 3 fully saturated rings. The Bertz CT molecular complexity index is 906. The standard InChI is InChI=1S/C28H42N4O3.ClH/c1-4-5-16-32-26(34)24(19-21(2)3)29-27(35)28(32)12-17-30(18-13-28)20-22-8-10-23(11-9-22)25(33)31-14-6-7-15-31;/h8-11,21,24H,4-7,12-20H2,1-3H3,(H,29,35);1H/t24-;/m0./s1. The van der Waals surface area contributed by atoms with Gasteiger partial charge in [0, 0.05) is 44.8 Å². The highest BCUT2D eigenvalue weighted by molar-refractivity contribution is 6.00. The van der Waals surface area contributed by atoms with Gasteiger partial charge < -0.3 is 15.1 Å². The minimum absolute atomic E-state index is 0. The number of unbranched alkanes of at least 4 members (excludes halogenated alkanes) is 1. The highest BCUT2D eigenvalue weighted by atomic mass is 35.5. The van der Waals surface area contributed by atoms with E-state index in [0.717, 1.165) is 64.0 Å². The van der Waals surface area contributed by atoms with Gasteiger partial charge in [0.15, 0.2) is 0 Å². The average Bonchev–Trinajstić information content (AvgIpc) is 3.39. The summed E-state index contributed by atoms with van der Waals surface area (Å²) in [6, 6.07) is 7.58. The number of nitrogens with zero attached hydrogens (tertiary/aromatic N) is 3. The third kappa shape index (κ3) is 6.05. The summed E-state index contributed by atoms with van der Waals surface area (Å²) in [5.74, 6) is 0.608. The lowest BCUT2D eigenvalue weighted by Gasteiger charge is -2.52. The van der Waals surface area contributed by atoms with Crippen molar-refractivity contribution >= 4 is 30.1 Å². The highest BCUT2D eigenvalue weighted by Gasteiger charge is 2.53. The van der Waals surface area contributed by atoms with E-state index >= 15 is 0 Å². The summed E-state index contributed by atoms with van der Waals surface area (Å²) in [7, 11) is 0. The highest BCUT2D eigenvalue weighted by Crippen LogP contribution is 2.34. The third-order valence-electron chi connectivity index (χ3n) is 7.93. The van der Waals surface area contributed by atoms with Gasteiger partial charge in [-0.3, -0.25) is 19.3 Å². The summed E-state index contributed by atoms with van der Waals surface area (Å²) in [5.41, 5.74) is 1.21. The number of hydrogen-bond acceptors (Lipinski definition) is 4. The molecular weight excluding hydrogens is 476 g/mol. The average molecular weight is 519 g/mol. The van der Waals surface area contributed by atoms with Crippen LogP contribution in [0.1, 0.15) is 81.6 Å². The fourth-order valence-electron chi connectivity index (χ4n) is 5.84. The molecule has 36 heavy (non-hydrogen) atoms. The Morgan fingerprint density at radius 3 is 2.28 bits per heavy atom. The lowest BCUT2D eigenvalue weighted by molar-refractivity contribution is -0.161. The molecule has 3 aliphatic rings. The number of hydrogen-bond donors (Lipinski definition) is 1. The summed E-state index contributed by atoms with van der Waals surface area (Å²) in [6.45, 7) is 11.0. The molecule has 0 aromatic heterocycles. The number of carbonyl (C=O) groups is 3. The second kappa shape index (κ2) is 12.4. The van der Waals surface area contributed by atoms with Crippen molar-refractivity contribution in [3.05, 3.63) is 35.4 Å². The first-order chi connectivity index (χ1) is 16.8. The molecule has 7 nitrogen and oxygen atoms in total. The van der Waals surface area contributed by atoms with E-state index in [-0.39, 0.29) is 30.1 Å². The van der Waals surface area contributed by atoms with E-state index in [1.807, 2.05) is 21.9 Å². The maximum Gasteiger partial charge on any atom is 0.253 e. The Kier molecular flexibility index (Phi) is 9.81. The van der Waals surface area contributed by atoms with Crippen LogP contribution in [0.3, 0.4) is 0 Å². The van der Waals surface area contributed by atoms with E-state index in [9.17, 15) is 14.4 Å². The van der Waals surface area contributed by atoms with Crippen LogP contribution in [-0.2, 0) is 16.1 Å². The van der Waals surface area contributed by atoms with Gasteiger partial charge in [-0.05, 0) is 62.1 Å². The summed E-state index contributed by atoms with van der Waals surface area (Å²) in [5, 5.41) is 3.08. The van der Waals surface area contributed by atoms with Crippen LogP contribution in [0.2, 0.25) is 0 Å². The van der Waals surface area contributed by atoms with Crippen molar-refractivity contribution in [3.8, 4) is 0 Å². The maximum absolute atomic E-state index is 13.4. The van der Waals surface area contributed by atoms with Crippen molar-refractivity contribution in [2.45, 2.75) is 83.8 Å². The van der Waals surface area contributed by atoms with Gasteiger partial charge in [-0.15, -0.1) is 12.4 Å². The van der Waals surface area contributed by atoms with Crippen molar-refractivity contribution in [1.29, 1.82) is 0 Å². The summed E-state index contributed by atoms with van der Waals surface area (Å²) in [6.07, 6.45) is 6.12. The molecule has 200 valence electrons. The summed E-state index contributed by atoms with van der Waals surface area (Å²) in [4.78, 5) is 45.6. The Morgan fingerprint density at radius 2 is 1.69 bits per heavy atom. The van der Waals surface area contributed by atoms with Gasteiger partial charge in [0.05, 0.1) is 0 Å². The topological polar surface area (TPSA) is 73.0 Å². The van der Waals surface area contributed by atoms with Crippen molar-refractivity contribution in [2.75, 3.05) is 32.7 Å². The molecule has 3 heterocycles. The molecule has 8 heteroatoms. The molecule has 1 aromatic rings. The first-order valence-corrected chi connectivity index (χ1v) is 13.6. The minimum atomic E-state index is -0.720. The van der Waals surface area contributed by atoms with E-state index in [1.54, 1.807) is 0 Å². The number of halogens is 1. The maximum atomic E-state index is 13.4. The molecule has 1 spiro atoms. The van der Waals surface area contributed by atoms with Gasteiger partial charge in [-0.2, -0.15) is 0 Å². The molecule has 1 aromatic carbocycles. The largest absolute Gasteiger partial charge is 0.342 e. The van der Waals surface area contributed by atoms with Crippen LogP contribution in [0.25, 0.3) is 0 Å². The summed E-state index contributed by atoms with van der Waals surface area (Å²) < 4.78 is 0. The number of rotatable bonds is 8. The second-order valence-electron chi connectivity index (χ2n) is 11.0. The number of carbonyl (C=O) groups excluding carboxylic acids is 3. The van der Waals surface area contributed by atoms with Crippen LogP contribution in [0, 0.1) is 5.92 Å². The van der Waals surface area contributed by atoms with Gasteiger partial charge in [-0.25, -0.2) is 0 Å². The molecule has 0 bridgehead atoms. The van der Waals surface area contributed by atoms with E-state index in [0.29, 0.717) is 31.7 Å². The monoisotopic (exact) mass is 518 g/mol. The third-order valence-corrected chi connectivity index (χ3v) is 7.93. The molecule has 3 aliphatic heterocycles. The Morgan fingerprint density at radius 1 is 1.06 bits per heavy atom. The van der Waals surface area contributed by atoms with Crippen molar-refractivity contribution in [3.63, 3.8) is 0 Å². The van der Waals surface area contributed by atoms with Crippen LogP contribution in [0.4, 0.5) is 0 Å². The zero-order valence-electron chi connectivity index (χ0n) is 22.1. The second-order valence-corrected chi connectivity index (χ2v) is 11.0. The van der Waals surface area contributed by atoms with Crippen LogP contribution in [-0.4, -0.2) is 76.7 Å². The van der Waals surface area contributed by atoms with Crippen molar-refractivity contribution < 1.29 is 14.4 Å². The van der Waals surface area contributed by atoms with Crippen molar-refractivity contribution in [1.82, 2.24) is 20.0 Å². The molecule has 1 N–H and O–H groups in total. The Hall–Kier alpha value is -2.12. The Balaban J connectivity index is 0.00000361. The number of amides is 3. The van der Waals surface area contributed by atoms with Crippen LogP contribution in [0.15, 0.2) is 24.3 Å². The lowest BCUT2D eigenvalue weighted by Crippen LogP contribution is -2.73. The predicted molar refractivity (Wildman–Crippen MR) is 144 cm³/mol. The van der Waals surface area contributed by atoms with Gasteiger partial charge in [0.25, 0.3) is 5.91 Å². The molecular formula is C28H43ClN4O3. The van der Waals surface area contributed by atoms with Gasteiger partial charge in [0.2, 0.25) is 11.8 Å². The first kappa shape index (κ1) is 28.5. The molecule has 1 atom stereocenters. The van der Waals surface area contributed by atoms with E-state index in [1.165, 1.54) is 5.56 Å². The molecule has 0 unspecified atom stereocenters. The van der Waals surface area contributed by atoms with E-state index < -0.39 is 11.6 Å². The zero-order valence-corrected chi connectivity index (χ0v) is 22.9. The van der Waals surface area contributed by atoms with Crippen LogP contribution >= 0.6 is 12.4 Å². The molecule has 0 aliphatic carbocycles. The van der Waals surface area contributed by atoms with E-state index in [2.05, 4.69) is 43.1 Å². The van der Waals surface area contributed by atoms with Crippen LogP contribution < -0.4 is 5.32 Å². The smallest absolute Gasteiger partial charge is 0.253 e. The van der Waals surface area contributed by atoms with E-state index in [4.69, 9.17) is 0 Å². The number of nitrogens with one attached hydrogen (secondary N) is 1. The van der Waals surface area contributed by atoms with Crippen LogP contribution in [0.5, 0.6) is 0 Å². The SMILES string of the molecule is CCCCN1C(=O)[C@H](CC(C)C)NC(=O)C12CCN(Cc1ccc(C(=O)N3CCCC3)cc1)CC2.Cl. The molecule has 0 saturated carbocycles. The molecule has 3 amide bonds. The number of piperazine rings is 1. The fourth-order valence-corrected chi connectivity index (χ4v) is 5.84. The fraction of sp³-hybridized carbons (Fsp3) is 0.679. The van der Waals surface area contributed by atoms with Gasteiger partial charge in [-0.1, -0.05) is 39.3 Å². The quantitative estimate of drug-likeness (QED) is 0.567.